The van der Waals surface area contributed by atoms with Crippen LogP contribution < -0.4 is 0 Å². The normalized spacial score (nSPS) is 21.7. The summed E-state index contributed by atoms with van der Waals surface area (Å²) in [6, 6.07) is 5.32. The van der Waals surface area contributed by atoms with Gasteiger partial charge in [-0.15, -0.1) is 11.6 Å². The Hall–Kier alpha value is -1.09. The van der Waals surface area contributed by atoms with Gasteiger partial charge in [-0.1, -0.05) is 20.3 Å². The third-order valence-electron chi connectivity index (χ3n) is 4.56. The minimum Gasteiger partial charge on any atom is -0.324 e. The molecule has 2 aromatic rings. The highest BCUT2D eigenvalue weighted by atomic mass is 35.5. The molecule has 1 aliphatic rings. The summed E-state index contributed by atoms with van der Waals surface area (Å²) in [5.41, 5.74) is 2.03. The van der Waals surface area contributed by atoms with Crippen LogP contribution in [0.25, 0.3) is 11.0 Å². The van der Waals surface area contributed by atoms with Crippen molar-refractivity contribution in [1.29, 1.82) is 0 Å². The third kappa shape index (κ3) is 2.22. The van der Waals surface area contributed by atoms with E-state index in [0.717, 1.165) is 29.7 Å². The van der Waals surface area contributed by atoms with E-state index in [2.05, 4.69) is 23.4 Å². The smallest absolute Gasteiger partial charge is 0.125 e. The lowest BCUT2D eigenvalue weighted by Crippen LogP contribution is -2.23. The zero-order valence-electron chi connectivity index (χ0n) is 12.0. The molecule has 1 saturated carbocycles. The van der Waals surface area contributed by atoms with Gasteiger partial charge in [-0.25, -0.2) is 9.37 Å². The average molecular weight is 295 g/mol. The number of hydrogen-bond donors (Lipinski definition) is 0. The van der Waals surface area contributed by atoms with E-state index in [0.29, 0.717) is 11.9 Å². The molecule has 0 aliphatic heterocycles. The highest BCUT2D eigenvalue weighted by Crippen LogP contribution is 2.47. The van der Waals surface area contributed by atoms with Crippen LogP contribution in [0.15, 0.2) is 18.2 Å². The van der Waals surface area contributed by atoms with E-state index in [4.69, 9.17) is 11.6 Å². The first-order chi connectivity index (χ1) is 9.53. The number of fused-ring (bicyclic) bond motifs is 1. The van der Waals surface area contributed by atoms with E-state index < -0.39 is 0 Å². The lowest BCUT2D eigenvalue weighted by molar-refractivity contribution is 0.261. The predicted octanol–water partition coefficient (Wildman–Crippen LogP) is 4.71. The predicted molar refractivity (Wildman–Crippen MR) is 80.8 cm³/mol. The Bertz CT molecular complexity index is 633. The van der Waals surface area contributed by atoms with Gasteiger partial charge in [0.15, 0.2) is 0 Å². The molecule has 1 aliphatic carbocycles. The Morgan fingerprint density at radius 2 is 2.25 bits per heavy atom. The van der Waals surface area contributed by atoms with Crippen LogP contribution >= 0.6 is 11.6 Å². The summed E-state index contributed by atoms with van der Waals surface area (Å²) in [7, 11) is 0. The summed E-state index contributed by atoms with van der Waals surface area (Å²) in [4.78, 5) is 4.61. The van der Waals surface area contributed by atoms with Crippen LogP contribution in [-0.4, -0.2) is 15.4 Å². The van der Waals surface area contributed by atoms with E-state index >= 15 is 0 Å². The van der Waals surface area contributed by atoms with Crippen molar-refractivity contribution in [3.05, 3.63) is 29.8 Å². The molecular weight excluding hydrogens is 275 g/mol. The first-order valence-electron chi connectivity index (χ1n) is 7.25. The number of hydrogen-bond acceptors (Lipinski definition) is 1. The van der Waals surface area contributed by atoms with Crippen molar-refractivity contribution in [3.8, 4) is 0 Å². The van der Waals surface area contributed by atoms with Crippen molar-refractivity contribution in [1.82, 2.24) is 9.55 Å². The van der Waals surface area contributed by atoms with E-state index in [1.807, 2.05) is 6.07 Å². The SMILES string of the molecule is CC1(C)CCCC1n1c(CCCl)nc2cc(F)ccc21. The molecule has 1 unspecified atom stereocenters. The number of nitrogens with zero attached hydrogens (tertiary/aromatic N) is 2. The summed E-state index contributed by atoms with van der Waals surface area (Å²) in [6.45, 7) is 4.62. The first kappa shape index (κ1) is 13.9. The topological polar surface area (TPSA) is 17.8 Å². The van der Waals surface area contributed by atoms with Crippen molar-refractivity contribution in [2.45, 2.75) is 45.6 Å². The van der Waals surface area contributed by atoms with Crippen LogP contribution in [0.2, 0.25) is 0 Å². The second-order valence-corrected chi connectivity index (χ2v) is 6.74. The van der Waals surface area contributed by atoms with Crippen LogP contribution in [0, 0.1) is 11.2 Å². The van der Waals surface area contributed by atoms with Gasteiger partial charge in [-0.3, -0.25) is 0 Å². The van der Waals surface area contributed by atoms with Crippen molar-refractivity contribution >= 4 is 22.6 Å². The second-order valence-electron chi connectivity index (χ2n) is 6.37. The highest BCUT2D eigenvalue weighted by molar-refractivity contribution is 6.17. The van der Waals surface area contributed by atoms with Gasteiger partial charge in [0.05, 0.1) is 11.0 Å². The molecule has 0 radical (unpaired) electrons. The van der Waals surface area contributed by atoms with Gasteiger partial charge in [-0.05, 0) is 30.4 Å². The Kier molecular flexibility index (Phi) is 3.49. The van der Waals surface area contributed by atoms with E-state index in [9.17, 15) is 4.39 Å². The summed E-state index contributed by atoms with van der Waals surface area (Å²) >= 11 is 5.92. The number of aromatic nitrogens is 2. The Morgan fingerprint density at radius 1 is 1.45 bits per heavy atom. The van der Waals surface area contributed by atoms with Crippen molar-refractivity contribution in [3.63, 3.8) is 0 Å². The molecule has 1 heterocycles. The fraction of sp³-hybridized carbons (Fsp3) is 0.562. The van der Waals surface area contributed by atoms with Gasteiger partial charge in [0, 0.05) is 24.4 Å². The number of benzene rings is 1. The van der Waals surface area contributed by atoms with Crippen LogP contribution in [-0.2, 0) is 6.42 Å². The lowest BCUT2D eigenvalue weighted by Gasteiger charge is -2.30. The maximum atomic E-state index is 13.4. The Morgan fingerprint density at radius 3 is 2.90 bits per heavy atom. The second kappa shape index (κ2) is 5.03. The fourth-order valence-corrected chi connectivity index (χ4v) is 3.69. The Balaban J connectivity index is 2.18. The molecule has 0 spiro atoms. The van der Waals surface area contributed by atoms with E-state index in [1.54, 1.807) is 0 Å². The molecule has 2 nitrogen and oxygen atoms in total. The molecule has 4 heteroatoms. The van der Waals surface area contributed by atoms with Gasteiger partial charge < -0.3 is 4.57 Å². The van der Waals surface area contributed by atoms with Gasteiger partial charge >= 0.3 is 0 Å². The van der Waals surface area contributed by atoms with Gasteiger partial charge in [0.1, 0.15) is 11.6 Å². The zero-order valence-corrected chi connectivity index (χ0v) is 12.8. The summed E-state index contributed by atoms with van der Waals surface area (Å²) in [5, 5.41) is 0. The molecule has 0 amide bonds. The van der Waals surface area contributed by atoms with Gasteiger partial charge in [0.25, 0.3) is 0 Å². The number of imidazole rings is 1. The van der Waals surface area contributed by atoms with Crippen molar-refractivity contribution in [2.24, 2.45) is 5.41 Å². The van der Waals surface area contributed by atoms with Gasteiger partial charge in [-0.2, -0.15) is 0 Å². The minimum atomic E-state index is -0.231. The summed E-state index contributed by atoms with van der Waals surface area (Å²) in [6.07, 6.45) is 4.34. The summed E-state index contributed by atoms with van der Waals surface area (Å²) in [5.74, 6) is 1.30. The van der Waals surface area contributed by atoms with Crippen molar-refractivity contribution in [2.75, 3.05) is 5.88 Å². The molecule has 0 bridgehead atoms. The zero-order chi connectivity index (χ0) is 14.3. The molecule has 3 rings (SSSR count). The average Bonchev–Trinajstić information content (AvgIpc) is 2.88. The largest absolute Gasteiger partial charge is 0.324 e. The van der Waals surface area contributed by atoms with E-state index in [-0.39, 0.29) is 11.2 Å². The number of halogens is 2. The van der Waals surface area contributed by atoms with Crippen LogP contribution in [0.3, 0.4) is 0 Å². The quantitative estimate of drug-likeness (QED) is 0.750. The molecule has 20 heavy (non-hydrogen) atoms. The standard InChI is InChI=1S/C16H20ClFN2/c1-16(2)8-3-4-14(16)20-13-6-5-11(18)10-12(13)19-15(20)7-9-17/h5-6,10,14H,3-4,7-9H2,1-2H3. The summed E-state index contributed by atoms with van der Waals surface area (Å²) < 4.78 is 15.7. The monoisotopic (exact) mass is 294 g/mol. The van der Waals surface area contributed by atoms with Gasteiger partial charge in [0.2, 0.25) is 0 Å². The number of rotatable bonds is 3. The first-order valence-corrected chi connectivity index (χ1v) is 7.79. The third-order valence-corrected chi connectivity index (χ3v) is 4.74. The molecule has 108 valence electrons. The molecule has 1 atom stereocenters. The van der Waals surface area contributed by atoms with E-state index in [1.165, 1.54) is 25.0 Å². The van der Waals surface area contributed by atoms with Crippen LogP contribution in [0.5, 0.6) is 0 Å². The molecule has 1 aromatic heterocycles. The number of aryl methyl sites for hydroxylation is 1. The molecule has 0 N–H and O–H groups in total. The van der Waals surface area contributed by atoms with Crippen LogP contribution in [0.4, 0.5) is 4.39 Å². The lowest BCUT2D eigenvalue weighted by atomic mass is 9.87. The Labute approximate surface area is 123 Å². The maximum absolute atomic E-state index is 13.4. The highest BCUT2D eigenvalue weighted by Gasteiger charge is 2.37. The van der Waals surface area contributed by atoms with Crippen molar-refractivity contribution < 1.29 is 4.39 Å². The fourth-order valence-electron chi connectivity index (χ4n) is 3.52. The minimum absolute atomic E-state index is 0.231. The van der Waals surface area contributed by atoms with Crippen LogP contribution in [0.1, 0.15) is 45.0 Å². The molecular formula is C16H20ClFN2. The molecule has 1 aromatic carbocycles. The maximum Gasteiger partial charge on any atom is 0.125 e. The molecule has 0 saturated heterocycles. The molecule has 1 fully saturated rings. The number of alkyl halides is 1.